The fourth-order valence-electron chi connectivity index (χ4n) is 2.09. The van der Waals surface area contributed by atoms with Crippen LogP contribution in [0.3, 0.4) is 0 Å². The van der Waals surface area contributed by atoms with Gasteiger partial charge in [0.25, 0.3) is 0 Å². The molecule has 2 atom stereocenters. The van der Waals surface area contributed by atoms with Crippen molar-refractivity contribution in [3.05, 3.63) is 0 Å². The molecule has 0 aliphatic heterocycles. The van der Waals surface area contributed by atoms with Gasteiger partial charge in [0.05, 0.1) is 5.75 Å². The second kappa shape index (κ2) is 5.85. The molecule has 3 nitrogen and oxygen atoms in total. The summed E-state index contributed by atoms with van der Waals surface area (Å²) < 4.78 is 22.7. The summed E-state index contributed by atoms with van der Waals surface area (Å²) in [5.41, 5.74) is 0. The van der Waals surface area contributed by atoms with Gasteiger partial charge < -0.3 is 5.32 Å². The number of hydrogen-bond donors (Lipinski definition) is 1. The third kappa shape index (κ3) is 4.11. The Labute approximate surface area is 93.6 Å². The first kappa shape index (κ1) is 13.0. The molecule has 90 valence electrons. The van der Waals surface area contributed by atoms with Crippen LogP contribution in [0.5, 0.6) is 0 Å². The zero-order valence-electron chi connectivity index (χ0n) is 9.83. The fraction of sp³-hybridized carbons (Fsp3) is 1.00. The predicted octanol–water partition coefficient (Wildman–Crippen LogP) is 1.45. The van der Waals surface area contributed by atoms with Crippen LogP contribution in [0.1, 0.15) is 33.1 Å². The van der Waals surface area contributed by atoms with Gasteiger partial charge in [-0.15, -0.1) is 0 Å². The molecule has 2 unspecified atom stereocenters. The molecular weight excluding hydrogens is 210 g/mol. The maximum atomic E-state index is 11.3. The number of rotatable bonds is 7. The van der Waals surface area contributed by atoms with E-state index in [-0.39, 0.29) is 5.75 Å². The lowest BCUT2D eigenvalue weighted by atomic mass is 9.72. The van der Waals surface area contributed by atoms with Gasteiger partial charge in [-0.2, -0.15) is 0 Å². The molecule has 0 aromatic carbocycles. The molecule has 0 heterocycles. The summed E-state index contributed by atoms with van der Waals surface area (Å²) >= 11 is 0. The predicted molar refractivity (Wildman–Crippen MR) is 63.7 cm³/mol. The molecule has 1 aliphatic carbocycles. The van der Waals surface area contributed by atoms with Gasteiger partial charge in [-0.05, 0) is 44.2 Å². The van der Waals surface area contributed by atoms with E-state index in [9.17, 15) is 8.42 Å². The normalized spacial score (nSPS) is 26.3. The molecule has 1 rings (SSSR count). The van der Waals surface area contributed by atoms with Gasteiger partial charge in [-0.3, -0.25) is 0 Å². The van der Waals surface area contributed by atoms with Gasteiger partial charge in [0.15, 0.2) is 0 Å². The second-order valence-electron chi connectivity index (χ2n) is 4.43. The van der Waals surface area contributed by atoms with E-state index in [1.54, 1.807) is 6.92 Å². The summed E-state index contributed by atoms with van der Waals surface area (Å²) in [5, 5.41) is 3.34. The first-order valence-electron chi connectivity index (χ1n) is 6.00. The van der Waals surface area contributed by atoms with Crippen molar-refractivity contribution in [3.63, 3.8) is 0 Å². The van der Waals surface area contributed by atoms with Crippen LogP contribution < -0.4 is 5.32 Å². The first-order valence-corrected chi connectivity index (χ1v) is 7.82. The summed E-state index contributed by atoms with van der Waals surface area (Å²) in [4.78, 5) is 0. The van der Waals surface area contributed by atoms with Crippen molar-refractivity contribution in [2.24, 2.45) is 11.8 Å². The highest BCUT2D eigenvalue weighted by Gasteiger charge is 2.30. The molecular formula is C11H23NO2S. The van der Waals surface area contributed by atoms with Gasteiger partial charge in [0, 0.05) is 5.75 Å². The number of hydrogen-bond acceptors (Lipinski definition) is 3. The Balaban J connectivity index is 2.22. The topological polar surface area (TPSA) is 46.2 Å². The highest BCUT2D eigenvalue weighted by molar-refractivity contribution is 7.91. The van der Waals surface area contributed by atoms with Crippen molar-refractivity contribution in [3.8, 4) is 0 Å². The van der Waals surface area contributed by atoms with Gasteiger partial charge >= 0.3 is 0 Å². The lowest BCUT2D eigenvalue weighted by molar-refractivity contribution is 0.168. The zero-order valence-corrected chi connectivity index (χ0v) is 10.6. The SMILES string of the molecule is CCNCC1CCC1CCS(=O)(=O)CC. The molecule has 1 fully saturated rings. The fourth-order valence-corrected chi connectivity index (χ4v) is 3.04. The number of sulfone groups is 1. The molecule has 1 aliphatic rings. The van der Waals surface area contributed by atoms with Crippen molar-refractivity contribution in [2.45, 2.75) is 33.1 Å². The Bertz CT molecular complexity index is 274. The molecule has 0 bridgehead atoms. The molecule has 0 amide bonds. The van der Waals surface area contributed by atoms with Crippen LogP contribution in [0.4, 0.5) is 0 Å². The van der Waals surface area contributed by atoms with E-state index < -0.39 is 9.84 Å². The van der Waals surface area contributed by atoms with Crippen LogP contribution in [0.25, 0.3) is 0 Å². The van der Waals surface area contributed by atoms with Crippen LogP contribution in [0.15, 0.2) is 0 Å². The Kier molecular flexibility index (Phi) is 5.06. The standard InChI is InChI=1S/C11H23NO2S/c1-3-12-9-11-6-5-10(11)7-8-15(13,14)4-2/h10-12H,3-9H2,1-2H3. The summed E-state index contributed by atoms with van der Waals surface area (Å²) in [6.45, 7) is 5.91. The average Bonchev–Trinajstić information content (AvgIpc) is 2.17. The van der Waals surface area contributed by atoms with Crippen molar-refractivity contribution in [2.75, 3.05) is 24.6 Å². The molecule has 0 radical (unpaired) electrons. The van der Waals surface area contributed by atoms with E-state index >= 15 is 0 Å². The Hall–Kier alpha value is -0.0900. The third-order valence-electron chi connectivity index (χ3n) is 3.47. The molecule has 0 spiro atoms. The van der Waals surface area contributed by atoms with Gasteiger partial charge in [-0.25, -0.2) is 8.42 Å². The van der Waals surface area contributed by atoms with E-state index in [4.69, 9.17) is 0 Å². The lowest BCUT2D eigenvalue weighted by Crippen LogP contribution is -2.36. The Morgan fingerprint density at radius 1 is 1.20 bits per heavy atom. The van der Waals surface area contributed by atoms with Crippen molar-refractivity contribution >= 4 is 9.84 Å². The minimum atomic E-state index is -2.76. The number of nitrogens with one attached hydrogen (secondary N) is 1. The van der Waals surface area contributed by atoms with Crippen molar-refractivity contribution in [1.82, 2.24) is 5.32 Å². The van der Waals surface area contributed by atoms with Crippen LogP contribution in [-0.4, -0.2) is 33.0 Å². The second-order valence-corrected chi connectivity index (χ2v) is 6.90. The quantitative estimate of drug-likeness (QED) is 0.724. The van der Waals surface area contributed by atoms with E-state index in [0.29, 0.717) is 11.7 Å². The van der Waals surface area contributed by atoms with Gasteiger partial charge in [0.1, 0.15) is 9.84 Å². The lowest BCUT2D eigenvalue weighted by Gasteiger charge is -2.36. The largest absolute Gasteiger partial charge is 0.317 e. The van der Waals surface area contributed by atoms with Crippen molar-refractivity contribution < 1.29 is 8.42 Å². The van der Waals surface area contributed by atoms with E-state index in [2.05, 4.69) is 12.2 Å². The van der Waals surface area contributed by atoms with E-state index in [1.807, 2.05) is 0 Å². The van der Waals surface area contributed by atoms with Gasteiger partial charge in [-0.1, -0.05) is 13.8 Å². The highest BCUT2D eigenvalue weighted by Crippen LogP contribution is 2.36. The van der Waals surface area contributed by atoms with E-state index in [1.165, 1.54) is 12.8 Å². The van der Waals surface area contributed by atoms with Crippen LogP contribution >= 0.6 is 0 Å². The average molecular weight is 233 g/mol. The summed E-state index contributed by atoms with van der Waals surface area (Å²) in [7, 11) is -2.76. The first-order chi connectivity index (χ1) is 7.09. The smallest absolute Gasteiger partial charge is 0.150 e. The van der Waals surface area contributed by atoms with Crippen LogP contribution in [0.2, 0.25) is 0 Å². The van der Waals surface area contributed by atoms with E-state index in [0.717, 1.165) is 25.4 Å². The molecule has 4 heteroatoms. The Morgan fingerprint density at radius 2 is 1.87 bits per heavy atom. The van der Waals surface area contributed by atoms with Crippen LogP contribution in [0, 0.1) is 11.8 Å². The summed E-state index contributed by atoms with van der Waals surface area (Å²) in [5.74, 6) is 2.04. The monoisotopic (exact) mass is 233 g/mol. The highest BCUT2D eigenvalue weighted by atomic mass is 32.2. The molecule has 0 aromatic rings. The summed E-state index contributed by atoms with van der Waals surface area (Å²) in [6.07, 6.45) is 3.35. The summed E-state index contributed by atoms with van der Waals surface area (Å²) in [6, 6.07) is 0. The molecule has 1 N–H and O–H groups in total. The maximum absolute atomic E-state index is 11.3. The molecule has 0 saturated heterocycles. The maximum Gasteiger partial charge on any atom is 0.150 e. The third-order valence-corrected chi connectivity index (χ3v) is 5.21. The van der Waals surface area contributed by atoms with Gasteiger partial charge in [0.2, 0.25) is 0 Å². The van der Waals surface area contributed by atoms with Crippen LogP contribution in [-0.2, 0) is 9.84 Å². The minimum absolute atomic E-state index is 0.289. The molecule has 1 saturated carbocycles. The Morgan fingerprint density at radius 3 is 2.33 bits per heavy atom. The molecule has 15 heavy (non-hydrogen) atoms. The van der Waals surface area contributed by atoms with Crippen molar-refractivity contribution in [1.29, 1.82) is 0 Å². The zero-order chi connectivity index (χ0) is 11.3. The molecule has 0 aromatic heterocycles. The minimum Gasteiger partial charge on any atom is -0.317 e.